The van der Waals surface area contributed by atoms with Crippen molar-refractivity contribution in [2.75, 3.05) is 5.32 Å². The molecular weight excluding hydrogens is 292 g/mol. The smallest absolute Gasteiger partial charge is 0.227 e. The fraction of sp³-hybridized carbons (Fsp3) is 0.467. The number of hydrogen-bond acceptors (Lipinski definition) is 2. The first-order valence-electron chi connectivity index (χ1n) is 6.89. The van der Waals surface area contributed by atoms with Crippen molar-refractivity contribution in [3.05, 3.63) is 28.8 Å². The number of benzene rings is 1. The third-order valence-electron chi connectivity index (χ3n) is 3.16. The Hall–Kier alpha value is -1.13. The highest BCUT2D eigenvalue weighted by Gasteiger charge is 2.17. The summed E-state index contributed by atoms with van der Waals surface area (Å²) in [4.78, 5) is 12.5. The summed E-state index contributed by atoms with van der Waals surface area (Å²) in [5, 5.41) is 3.35. The lowest BCUT2D eigenvalue weighted by atomic mass is 9.97. The van der Waals surface area contributed by atoms with Crippen molar-refractivity contribution >= 4 is 40.4 Å². The van der Waals surface area contributed by atoms with Crippen LogP contribution < -0.4 is 11.1 Å². The second-order valence-corrected chi connectivity index (χ2v) is 5.67. The van der Waals surface area contributed by atoms with Crippen LogP contribution >= 0.6 is 23.8 Å². The van der Waals surface area contributed by atoms with Gasteiger partial charge in [-0.2, -0.15) is 0 Å². The fourth-order valence-electron chi connectivity index (χ4n) is 2.11. The van der Waals surface area contributed by atoms with Gasteiger partial charge in [-0.15, -0.1) is 0 Å². The molecule has 0 atom stereocenters. The SMILES string of the molecule is CCCC(CCC)C(=O)Nc1ccc(C(N)=S)cc1Cl. The molecule has 0 saturated carbocycles. The highest BCUT2D eigenvalue weighted by Crippen LogP contribution is 2.25. The number of nitrogens with one attached hydrogen (secondary N) is 1. The number of anilines is 1. The largest absolute Gasteiger partial charge is 0.389 e. The number of carbonyl (C=O) groups is 1. The van der Waals surface area contributed by atoms with Crippen LogP contribution in [-0.4, -0.2) is 10.9 Å². The minimum atomic E-state index is 0.0266. The molecule has 0 aliphatic heterocycles. The van der Waals surface area contributed by atoms with Crippen LogP contribution in [0.25, 0.3) is 0 Å². The van der Waals surface area contributed by atoms with Gasteiger partial charge in [-0.1, -0.05) is 50.5 Å². The first-order chi connectivity index (χ1) is 9.49. The van der Waals surface area contributed by atoms with Crippen molar-refractivity contribution < 1.29 is 4.79 Å². The summed E-state index contributed by atoms with van der Waals surface area (Å²) in [7, 11) is 0. The summed E-state index contributed by atoms with van der Waals surface area (Å²) >= 11 is 11.0. The quantitative estimate of drug-likeness (QED) is 0.744. The van der Waals surface area contributed by atoms with Gasteiger partial charge in [0.25, 0.3) is 0 Å². The average molecular weight is 313 g/mol. The minimum Gasteiger partial charge on any atom is -0.389 e. The molecule has 3 N–H and O–H groups in total. The molecule has 0 bridgehead atoms. The van der Waals surface area contributed by atoms with Crippen molar-refractivity contribution in [2.24, 2.45) is 11.7 Å². The van der Waals surface area contributed by atoms with E-state index in [1.54, 1.807) is 18.2 Å². The lowest BCUT2D eigenvalue weighted by Crippen LogP contribution is -2.23. The second kappa shape index (κ2) is 8.22. The summed E-state index contributed by atoms with van der Waals surface area (Å²) in [6, 6.07) is 5.18. The number of hydrogen-bond donors (Lipinski definition) is 2. The van der Waals surface area contributed by atoms with E-state index in [1.807, 2.05) is 0 Å². The van der Waals surface area contributed by atoms with Gasteiger partial charge in [0, 0.05) is 11.5 Å². The lowest BCUT2D eigenvalue weighted by molar-refractivity contribution is -0.120. The molecule has 1 aromatic carbocycles. The highest BCUT2D eigenvalue weighted by atomic mass is 35.5. The zero-order valence-corrected chi connectivity index (χ0v) is 13.5. The molecule has 0 aliphatic rings. The van der Waals surface area contributed by atoms with Gasteiger partial charge >= 0.3 is 0 Å². The van der Waals surface area contributed by atoms with Crippen molar-refractivity contribution in [1.29, 1.82) is 0 Å². The van der Waals surface area contributed by atoms with Gasteiger partial charge in [-0.3, -0.25) is 4.79 Å². The van der Waals surface area contributed by atoms with Crippen LogP contribution in [0.5, 0.6) is 0 Å². The van der Waals surface area contributed by atoms with Crippen LogP contribution in [0, 0.1) is 5.92 Å². The Morgan fingerprint density at radius 1 is 1.35 bits per heavy atom. The molecule has 0 spiro atoms. The second-order valence-electron chi connectivity index (χ2n) is 4.82. The summed E-state index contributed by atoms with van der Waals surface area (Å²) in [6.07, 6.45) is 3.77. The lowest BCUT2D eigenvalue weighted by Gasteiger charge is -2.16. The van der Waals surface area contributed by atoms with E-state index in [0.29, 0.717) is 21.3 Å². The molecule has 0 saturated heterocycles. The van der Waals surface area contributed by atoms with Crippen LogP contribution in [-0.2, 0) is 4.79 Å². The van der Waals surface area contributed by atoms with Crippen molar-refractivity contribution in [3.63, 3.8) is 0 Å². The number of nitrogens with two attached hydrogens (primary N) is 1. The third kappa shape index (κ3) is 4.76. The third-order valence-corrected chi connectivity index (χ3v) is 3.70. The van der Waals surface area contributed by atoms with E-state index in [0.717, 1.165) is 25.7 Å². The van der Waals surface area contributed by atoms with Crippen LogP contribution in [0.1, 0.15) is 45.1 Å². The molecule has 0 fully saturated rings. The van der Waals surface area contributed by atoms with Crippen molar-refractivity contribution in [1.82, 2.24) is 0 Å². The Bertz CT molecular complexity index is 485. The molecule has 1 rings (SSSR count). The molecule has 0 aromatic heterocycles. The normalized spacial score (nSPS) is 10.6. The van der Waals surface area contributed by atoms with Gasteiger partial charge in [0.05, 0.1) is 10.7 Å². The molecule has 0 aliphatic carbocycles. The Kier molecular flexibility index (Phi) is 6.96. The molecule has 0 unspecified atom stereocenters. The fourth-order valence-corrected chi connectivity index (χ4v) is 2.46. The molecule has 5 heteroatoms. The topological polar surface area (TPSA) is 55.1 Å². The molecule has 0 radical (unpaired) electrons. The standard InChI is InChI=1S/C15H21ClN2OS/c1-3-5-10(6-4-2)15(19)18-13-8-7-11(14(17)20)9-12(13)16/h7-10H,3-6H2,1-2H3,(H2,17,20)(H,18,19). The van der Waals surface area contributed by atoms with Crippen molar-refractivity contribution in [3.8, 4) is 0 Å². The summed E-state index contributed by atoms with van der Waals surface area (Å²) in [5.74, 6) is 0.0648. The van der Waals surface area contributed by atoms with Crippen LogP contribution in [0.15, 0.2) is 18.2 Å². The average Bonchev–Trinajstić information content (AvgIpc) is 2.40. The monoisotopic (exact) mass is 312 g/mol. The molecule has 110 valence electrons. The van der Waals surface area contributed by atoms with E-state index in [2.05, 4.69) is 19.2 Å². The van der Waals surface area contributed by atoms with Gasteiger partial charge in [0.2, 0.25) is 5.91 Å². The van der Waals surface area contributed by atoms with E-state index < -0.39 is 0 Å². The Morgan fingerprint density at radius 2 is 1.95 bits per heavy atom. The number of thiocarbonyl (C=S) groups is 1. The minimum absolute atomic E-state index is 0.0266. The first kappa shape index (κ1) is 16.9. The maximum atomic E-state index is 12.2. The molecule has 3 nitrogen and oxygen atoms in total. The Balaban J connectivity index is 2.81. The molecule has 1 aromatic rings. The molecule has 0 heterocycles. The van der Waals surface area contributed by atoms with Crippen LogP contribution in [0.4, 0.5) is 5.69 Å². The Labute approximate surface area is 130 Å². The van der Waals surface area contributed by atoms with Gasteiger partial charge in [-0.05, 0) is 31.0 Å². The van der Waals surface area contributed by atoms with E-state index in [1.165, 1.54) is 0 Å². The molecular formula is C15H21ClN2OS. The maximum absolute atomic E-state index is 12.2. The summed E-state index contributed by atoms with van der Waals surface area (Å²) in [5.41, 5.74) is 6.85. The molecule has 1 amide bonds. The predicted molar refractivity (Wildman–Crippen MR) is 89.3 cm³/mol. The highest BCUT2D eigenvalue weighted by molar-refractivity contribution is 7.80. The van der Waals surface area contributed by atoms with E-state index >= 15 is 0 Å². The predicted octanol–water partition coefficient (Wildman–Crippen LogP) is 4.13. The maximum Gasteiger partial charge on any atom is 0.227 e. The van der Waals surface area contributed by atoms with Gasteiger partial charge in [-0.25, -0.2) is 0 Å². The van der Waals surface area contributed by atoms with Crippen LogP contribution in [0.2, 0.25) is 5.02 Å². The number of rotatable bonds is 7. The number of carbonyl (C=O) groups excluding carboxylic acids is 1. The van der Waals surface area contributed by atoms with Gasteiger partial charge < -0.3 is 11.1 Å². The van der Waals surface area contributed by atoms with Gasteiger partial charge in [0.1, 0.15) is 4.99 Å². The zero-order valence-electron chi connectivity index (χ0n) is 11.9. The van der Waals surface area contributed by atoms with Crippen LogP contribution in [0.3, 0.4) is 0 Å². The molecule has 20 heavy (non-hydrogen) atoms. The van der Waals surface area contributed by atoms with Gasteiger partial charge in [0.15, 0.2) is 0 Å². The van der Waals surface area contributed by atoms with E-state index in [-0.39, 0.29) is 11.8 Å². The summed E-state index contributed by atoms with van der Waals surface area (Å²) < 4.78 is 0. The zero-order chi connectivity index (χ0) is 15.1. The van der Waals surface area contributed by atoms with Crippen molar-refractivity contribution in [2.45, 2.75) is 39.5 Å². The first-order valence-corrected chi connectivity index (χ1v) is 7.68. The van der Waals surface area contributed by atoms with E-state index in [9.17, 15) is 4.79 Å². The number of amides is 1. The summed E-state index contributed by atoms with van der Waals surface area (Å²) in [6.45, 7) is 4.17. The van der Waals surface area contributed by atoms with E-state index in [4.69, 9.17) is 29.6 Å². The number of halogens is 1. The Morgan fingerprint density at radius 3 is 2.40 bits per heavy atom.